The van der Waals surface area contributed by atoms with Crippen LogP contribution in [0.5, 0.6) is 0 Å². The van der Waals surface area contributed by atoms with Gasteiger partial charge in [-0.2, -0.15) is 0 Å². The molecule has 6 nitrogen and oxygen atoms in total. The van der Waals surface area contributed by atoms with E-state index in [0.717, 1.165) is 31.6 Å². The van der Waals surface area contributed by atoms with Crippen LogP contribution in [0.1, 0.15) is 39.5 Å². The minimum absolute atomic E-state index is 0. The third kappa shape index (κ3) is 6.55. The van der Waals surface area contributed by atoms with Gasteiger partial charge in [0.2, 0.25) is 5.91 Å². The summed E-state index contributed by atoms with van der Waals surface area (Å²) in [6, 6.07) is 6.90. The molecule has 2 unspecified atom stereocenters. The third-order valence-corrected chi connectivity index (χ3v) is 4.50. The van der Waals surface area contributed by atoms with Crippen molar-refractivity contribution in [2.45, 2.75) is 45.6 Å². The number of halogens is 1. The molecule has 1 aromatic rings. The van der Waals surface area contributed by atoms with E-state index in [0.29, 0.717) is 5.69 Å². The summed E-state index contributed by atoms with van der Waals surface area (Å²) in [6.45, 7) is 5.24. The quantitative estimate of drug-likeness (QED) is 0.760. The Morgan fingerprint density at radius 1 is 0.960 bits per heavy atom. The zero-order valence-electron chi connectivity index (χ0n) is 15.0. The largest absolute Gasteiger partial charge is 0.327 e. The molecule has 1 aliphatic heterocycles. The molecule has 0 radical (unpaired) electrons. The molecule has 25 heavy (non-hydrogen) atoms. The van der Waals surface area contributed by atoms with E-state index in [2.05, 4.69) is 10.6 Å². The van der Waals surface area contributed by atoms with Crippen molar-refractivity contribution in [3.8, 4) is 0 Å². The van der Waals surface area contributed by atoms with E-state index in [4.69, 9.17) is 5.73 Å². The average molecular weight is 369 g/mol. The summed E-state index contributed by atoms with van der Waals surface area (Å²) >= 11 is 0. The lowest BCUT2D eigenvalue weighted by atomic mass is 10.0. The molecule has 1 heterocycles. The van der Waals surface area contributed by atoms with Crippen LogP contribution in [0.4, 0.5) is 16.2 Å². The van der Waals surface area contributed by atoms with Gasteiger partial charge in [-0.15, -0.1) is 12.4 Å². The summed E-state index contributed by atoms with van der Waals surface area (Å²) in [4.78, 5) is 26.1. The summed E-state index contributed by atoms with van der Waals surface area (Å²) in [5.74, 6) is -0.362. The van der Waals surface area contributed by atoms with E-state index in [1.165, 1.54) is 12.8 Å². The molecule has 140 valence electrons. The molecule has 0 aliphatic carbocycles. The van der Waals surface area contributed by atoms with Gasteiger partial charge in [0.15, 0.2) is 0 Å². The first kappa shape index (κ1) is 21.3. The number of nitrogens with two attached hydrogens (primary N) is 1. The Morgan fingerprint density at radius 2 is 1.44 bits per heavy atom. The lowest BCUT2D eigenvalue weighted by Crippen LogP contribution is -2.35. The van der Waals surface area contributed by atoms with Crippen LogP contribution in [-0.2, 0) is 4.79 Å². The van der Waals surface area contributed by atoms with Crippen molar-refractivity contribution in [2.24, 2.45) is 11.7 Å². The number of nitrogens with zero attached hydrogens (tertiary/aromatic N) is 1. The van der Waals surface area contributed by atoms with Crippen LogP contribution < -0.4 is 16.4 Å². The van der Waals surface area contributed by atoms with E-state index in [-0.39, 0.29) is 36.3 Å². The molecule has 1 saturated heterocycles. The van der Waals surface area contributed by atoms with Crippen molar-refractivity contribution in [1.29, 1.82) is 0 Å². The van der Waals surface area contributed by atoms with Gasteiger partial charge in [0.05, 0.1) is 5.92 Å². The van der Waals surface area contributed by atoms with Crippen LogP contribution in [0.15, 0.2) is 24.3 Å². The first-order chi connectivity index (χ1) is 11.5. The van der Waals surface area contributed by atoms with Crippen LogP contribution in [0, 0.1) is 5.92 Å². The summed E-state index contributed by atoms with van der Waals surface area (Å²) in [5.41, 5.74) is 7.16. The van der Waals surface area contributed by atoms with Gasteiger partial charge in [0, 0.05) is 30.5 Å². The Kier molecular flexibility index (Phi) is 8.72. The maximum Gasteiger partial charge on any atom is 0.321 e. The summed E-state index contributed by atoms with van der Waals surface area (Å²) in [7, 11) is 0. The molecule has 0 saturated carbocycles. The molecule has 1 aliphatic rings. The normalized spacial score (nSPS) is 16.8. The molecule has 4 N–H and O–H groups in total. The molecule has 1 aromatic carbocycles. The number of amides is 3. The van der Waals surface area contributed by atoms with Crippen LogP contribution in [0.2, 0.25) is 0 Å². The average Bonchev–Trinajstić information content (AvgIpc) is 2.85. The highest BCUT2D eigenvalue weighted by molar-refractivity contribution is 5.93. The van der Waals surface area contributed by atoms with Gasteiger partial charge < -0.3 is 21.3 Å². The Bertz CT molecular complexity index is 555. The second kappa shape index (κ2) is 10.3. The SMILES string of the molecule is CC(N)C(C)C(=O)Nc1ccc(NC(=O)N2CCCCCC2)cc1.Cl. The number of carbonyl (C=O) groups is 2. The molecule has 7 heteroatoms. The van der Waals surface area contributed by atoms with Gasteiger partial charge in [-0.25, -0.2) is 4.79 Å². The number of carbonyl (C=O) groups excluding carboxylic acids is 2. The number of anilines is 2. The number of hydrogen-bond acceptors (Lipinski definition) is 3. The minimum atomic E-state index is -0.257. The van der Waals surface area contributed by atoms with Gasteiger partial charge in [-0.3, -0.25) is 4.79 Å². The molecule has 0 spiro atoms. The standard InChI is InChI=1S/C18H28N4O2.ClH/c1-13(14(2)19)17(23)20-15-7-9-16(10-8-15)21-18(24)22-11-5-3-4-6-12-22;/h7-10,13-14H,3-6,11-12,19H2,1-2H3,(H,20,23)(H,21,24);1H. The first-order valence-corrected chi connectivity index (χ1v) is 8.70. The molecule has 0 aromatic heterocycles. The zero-order chi connectivity index (χ0) is 17.5. The fourth-order valence-electron chi connectivity index (χ4n) is 2.61. The van der Waals surface area contributed by atoms with Crippen LogP contribution in [0.25, 0.3) is 0 Å². The topological polar surface area (TPSA) is 87.5 Å². The fraction of sp³-hybridized carbons (Fsp3) is 0.556. The maximum atomic E-state index is 12.3. The van der Waals surface area contributed by atoms with Crippen LogP contribution >= 0.6 is 12.4 Å². The number of rotatable bonds is 4. The Hall–Kier alpha value is -1.79. The molecule has 2 rings (SSSR count). The highest BCUT2D eigenvalue weighted by atomic mass is 35.5. The molecule has 1 fully saturated rings. The predicted molar refractivity (Wildman–Crippen MR) is 104 cm³/mol. The van der Waals surface area contributed by atoms with Crippen molar-refractivity contribution in [3.63, 3.8) is 0 Å². The second-order valence-corrected chi connectivity index (χ2v) is 6.55. The highest BCUT2D eigenvalue weighted by Crippen LogP contribution is 2.17. The lowest BCUT2D eigenvalue weighted by Gasteiger charge is -2.21. The molecular formula is C18H29ClN4O2. The smallest absolute Gasteiger partial charge is 0.321 e. The zero-order valence-corrected chi connectivity index (χ0v) is 15.8. The Morgan fingerprint density at radius 3 is 1.92 bits per heavy atom. The number of urea groups is 1. The summed E-state index contributed by atoms with van der Waals surface area (Å²) in [5, 5.41) is 5.75. The van der Waals surface area contributed by atoms with E-state index >= 15 is 0 Å². The molecule has 3 amide bonds. The number of likely N-dealkylation sites (tertiary alicyclic amines) is 1. The monoisotopic (exact) mass is 368 g/mol. The number of nitrogens with one attached hydrogen (secondary N) is 2. The van der Waals surface area contributed by atoms with Crippen molar-refractivity contribution in [1.82, 2.24) is 4.90 Å². The van der Waals surface area contributed by atoms with Gasteiger partial charge in [0.25, 0.3) is 0 Å². The Balaban J connectivity index is 0.00000312. The van der Waals surface area contributed by atoms with Gasteiger partial charge in [0.1, 0.15) is 0 Å². The highest BCUT2D eigenvalue weighted by Gasteiger charge is 2.17. The van der Waals surface area contributed by atoms with Crippen molar-refractivity contribution >= 4 is 35.7 Å². The van der Waals surface area contributed by atoms with Crippen LogP contribution in [0.3, 0.4) is 0 Å². The Labute approximate surface area is 155 Å². The fourth-order valence-corrected chi connectivity index (χ4v) is 2.61. The molecule has 2 atom stereocenters. The third-order valence-electron chi connectivity index (χ3n) is 4.50. The van der Waals surface area contributed by atoms with E-state index < -0.39 is 0 Å². The van der Waals surface area contributed by atoms with Crippen LogP contribution in [-0.4, -0.2) is 36.0 Å². The summed E-state index contributed by atoms with van der Waals surface area (Å²) < 4.78 is 0. The number of benzene rings is 1. The maximum absolute atomic E-state index is 12.3. The van der Waals surface area contributed by atoms with Gasteiger partial charge in [-0.1, -0.05) is 19.8 Å². The van der Waals surface area contributed by atoms with E-state index in [9.17, 15) is 9.59 Å². The predicted octanol–water partition coefficient (Wildman–Crippen LogP) is 3.44. The molecule has 0 bridgehead atoms. The van der Waals surface area contributed by atoms with Crippen molar-refractivity contribution in [2.75, 3.05) is 23.7 Å². The van der Waals surface area contributed by atoms with E-state index in [1.807, 2.05) is 11.8 Å². The molecular weight excluding hydrogens is 340 g/mol. The van der Waals surface area contributed by atoms with Gasteiger partial charge in [-0.05, 0) is 44.0 Å². The van der Waals surface area contributed by atoms with Crippen molar-refractivity contribution in [3.05, 3.63) is 24.3 Å². The van der Waals surface area contributed by atoms with E-state index in [1.54, 1.807) is 31.2 Å². The second-order valence-electron chi connectivity index (χ2n) is 6.55. The minimum Gasteiger partial charge on any atom is -0.327 e. The summed E-state index contributed by atoms with van der Waals surface area (Å²) in [6.07, 6.45) is 4.52. The first-order valence-electron chi connectivity index (χ1n) is 8.70. The van der Waals surface area contributed by atoms with Gasteiger partial charge >= 0.3 is 6.03 Å². The lowest BCUT2D eigenvalue weighted by molar-refractivity contribution is -0.119. The van der Waals surface area contributed by atoms with Crippen molar-refractivity contribution < 1.29 is 9.59 Å². The number of hydrogen-bond donors (Lipinski definition) is 3.